The molecule has 0 radical (unpaired) electrons. The molecule has 2 rings (SSSR count). The van der Waals surface area contributed by atoms with E-state index in [-0.39, 0.29) is 31.2 Å². The maximum absolute atomic E-state index is 12.2. The molecule has 126 valence electrons. The average molecular weight is 388 g/mol. The molecule has 0 unspecified atom stereocenters. The van der Waals surface area contributed by atoms with Crippen molar-refractivity contribution in [2.45, 2.75) is 38.2 Å². The van der Waals surface area contributed by atoms with Gasteiger partial charge in [-0.05, 0) is 11.1 Å². The number of rotatable bonds is 5. The number of carbonyl (C=O) groups excluding carboxylic acids is 1. The number of aliphatic hydroxyl groups excluding tert-OH is 2. The van der Waals surface area contributed by atoms with Crippen molar-refractivity contribution in [3.05, 3.63) is 27.2 Å². The fourth-order valence-corrected chi connectivity index (χ4v) is 2.54. The maximum Gasteiger partial charge on any atom is 0.351 e. The summed E-state index contributed by atoms with van der Waals surface area (Å²) in [5, 5.41) is 21.5. The first-order valence-electron chi connectivity index (χ1n) is 7.14. The number of anilines is 1. The van der Waals surface area contributed by atoms with Gasteiger partial charge in [-0.2, -0.15) is 4.98 Å². The van der Waals surface area contributed by atoms with Crippen LogP contribution in [-0.4, -0.2) is 44.5 Å². The number of carbonyl (C=O) groups is 1. The van der Waals surface area contributed by atoms with Crippen LogP contribution in [-0.2, 0) is 9.53 Å². The minimum Gasteiger partial charge on any atom is -0.394 e. The van der Waals surface area contributed by atoms with Crippen molar-refractivity contribution < 1.29 is 19.7 Å². The van der Waals surface area contributed by atoms with E-state index in [1.54, 1.807) is 18.0 Å². The summed E-state index contributed by atoms with van der Waals surface area (Å²) >= 11 is 3.15. The van der Waals surface area contributed by atoms with Crippen molar-refractivity contribution in [3.8, 4) is 0 Å². The number of hydrogen-bond acceptors (Lipinski definition) is 6. The van der Waals surface area contributed by atoms with Crippen molar-refractivity contribution in [1.29, 1.82) is 0 Å². The highest BCUT2D eigenvalue weighted by atomic mass is 79.9. The SMILES string of the molecule is CCC(=O)Nc1nc(=O)n([C@H]2C[C@H](O)[C@@H](CO)O2)cc1/C=C/Br. The first-order chi connectivity index (χ1) is 11.0. The summed E-state index contributed by atoms with van der Waals surface area (Å²) in [6.07, 6.45) is 1.25. The number of nitrogens with one attached hydrogen (secondary N) is 1. The third-order valence-electron chi connectivity index (χ3n) is 3.50. The summed E-state index contributed by atoms with van der Waals surface area (Å²) in [7, 11) is 0. The zero-order valence-corrected chi connectivity index (χ0v) is 14.1. The number of amides is 1. The van der Waals surface area contributed by atoms with E-state index in [0.717, 1.165) is 0 Å². The number of aromatic nitrogens is 2. The molecule has 0 saturated carbocycles. The monoisotopic (exact) mass is 387 g/mol. The number of aliphatic hydroxyl groups is 2. The molecule has 2 heterocycles. The number of hydrogen-bond donors (Lipinski definition) is 3. The van der Waals surface area contributed by atoms with Crippen LogP contribution < -0.4 is 11.0 Å². The lowest BCUT2D eigenvalue weighted by molar-refractivity contribution is -0.115. The van der Waals surface area contributed by atoms with Crippen molar-refractivity contribution in [2.75, 3.05) is 11.9 Å². The maximum atomic E-state index is 12.2. The fraction of sp³-hybridized carbons (Fsp3) is 0.500. The molecular weight excluding hydrogens is 370 g/mol. The fourth-order valence-electron chi connectivity index (χ4n) is 2.25. The molecule has 9 heteroatoms. The topological polar surface area (TPSA) is 114 Å². The zero-order valence-electron chi connectivity index (χ0n) is 12.5. The van der Waals surface area contributed by atoms with Crippen LogP contribution in [0.1, 0.15) is 31.6 Å². The lowest BCUT2D eigenvalue weighted by Crippen LogP contribution is -2.29. The van der Waals surface area contributed by atoms with E-state index in [2.05, 4.69) is 26.2 Å². The van der Waals surface area contributed by atoms with Crippen LogP contribution in [0.3, 0.4) is 0 Å². The average Bonchev–Trinajstić information content (AvgIpc) is 2.90. The van der Waals surface area contributed by atoms with Crippen LogP contribution in [0.2, 0.25) is 0 Å². The van der Waals surface area contributed by atoms with Gasteiger partial charge in [0, 0.05) is 24.6 Å². The summed E-state index contributed by atoms with van der Waals surface area (Å²) in [6, 6.07) is 0. The Morgan fingerprint density at radius 3 is 2.96 bits per heavy atom. The van der Waals surface area contributed by atoms with Crippen LogP contribution in [0.15, 0.2) is 16.0 Å². The molecule has 0 bridgehead atoms. The predicted molar refractivity (Wildman–Crippen MR) is 87.0 cm³/mol. The third kappa shape index (κ3) is 4.05. The Labute approximate surface area is 140 Å². The van der Waals surface area contributed by atoms with Crippen LogP contribution in [0.5, 0.6) is 0 Å². The number of halogens is 1. The smallest absolute Gasteiger partial charge is 0.351 e. The summed E-state index contributed by atoms with van der Waals surface area (Å²) in [5.74, 6) is -0.0993. The highest BCUT2D eigenvalue weighted by Crippen LogP contribution is 2.28. The molecule has 0 aromatic carbocycles. The predicted octanol–water partition coefficient (Wildman–Crippen LogP) is 0.598. The molecule has 1 aromatic heterocycles. The third-order valence-corrected chi connectivity index (χ3v) is 3.76. The van der Waals surface area contributed by atoms with Crippen molar-refractivity contribution in [2.24, 2.45) is 0 Å². The van der Waals surface area contributed by atoms with Gasteiger partial charge in [-0.1, -0.05) is 22.9 Å². The Kier molecular flexibility index (Phi) is 6.05. The van der Waals surface area contributed by atoms with Gasteiger partial charge in [0.05, 0.1) is 12.7 Å². The van der Waals surface area contributed by atoms with Gasteiger partial charge in [0.2, 0.25) is 5.91 Å². The minimum absolute atomic E-state index is 0.158. The standard InChI is InChI=1S/C14H18BrN3O5/c1-2-11(21)16-13-8(3-4-15)6-18(14(22)17-13)12-5-9(20)10(7-19)23-12/h3-4,6,9-10,12,19-20H,2,5,7H2,1H3,(H,16,17,21,22)/b4-3+/t9-,10+,12+/m0/s1. The number of nitrogens with zero attached hydrogens (tertiary/aromatic N) is 2. The van der Waals surface area contributed by atoms with Crippen LogP contribution in [0, 0.1) is 0 Å². The van der Waals surface area contributed by atoms with E-state index in [9.17, 15) is 14.7 Å². The Morgan fingerprint density at radius 1 is 1.65 bits per heavy atom. The van der Waals surface area contributed by atoms with E-state index in [1.165, 1.54) is 10.8 Å². The molecule has 8 nitrogen and oxygen atoms in total. The first-order valence-corrected chi connectivity index (χ1v) is 8.05. The first kappa shape index (κ1) is 17.8. The highest BCUT2D eigenvalue weighted by molar-refractivity contribution is 9.11. The molecule has 3 N–H and O–H groups in total. The van der Waals surface area contributed by atoms with E-state index >= 15 is 0 Å². The van der Waals surface area contributed by atoms with Crippen molar-refractivity contribution in [3.63, 3.8) is 0 Å². The molecule has 1 aliphatic rings. The highest BCUT2D eigenvalue weighted by Gasteiger charge is 2.35. The molecule has 1 fully saturated rings. The second-order valence-electron chi connectivity index (χ2n) is 5.04. The van der Waals surface area contributed by atoms with E-state index in [4.69, 9.17) is 9.84 Å². The van der Waals surface area contributed by atoms with E-state index < -0.39 is 24.1 Å². The minimum atomic E-state index is -0.855. The zero-order chi connectivity index (χ0) is 17.0. The van der Waals surface area contributed by atoms with Crippen LogP contribution in [0.4, 0.5) is 5.82 Å². The van der Waals surface area contributed by atoms with Gasteiger partial charge >= 0.3 is 5.69 Å². The van der Waals surface area contributed by atoms with Gasteiger partial charge in [-0.3, -0.25) is 9.36 Å². The quantitative estimate of drug-likeness (QED) is 0.681. The van der Waals surface area contributed by atoms with Gasteiger partial charge in [-0.15, -0.1) is 0 Å². The Morgan fingerprint density at radius 2 is 2.39 bits per heavy atom. The Balaban J connectivity index is 2.37. The molecule has 1 saturated heterocycles. The molecule has 1 aliphatic heterocycles. The summed E-state index contributed by atoms with van der Waals surface area (Å²) in [5.41, 5.74) is -0.104. The van der Waals surface area contributed by atoms with Crippen LogP contribution >= 0.6 is 15.9 Å². The van der Waals surface area contributed by atoms with Gasteiger partial charge in [0.1, 0.15) is 18.1 Å². The van der Waals surface area contributed by atoms with Crippen molar-refractivity contribution in [1.82, 2.24) is 9.55 Å². The van der Waals surface area contributed by atoms with E-state index in [1.807, 2.05) is 0 Å². The molecule has 0 spiro atoms. The Bertz CT molecular complexity index is 660. The summed E-state index contributed by atoms with van der Waals surface area (Å²) < 4.78 is 6.70. The molecule has 3 atom stereocenters. The largest absolute Gasteiger partial charge is 0.394 e. The second kappa shape index (κ2) is 7.82. The Hall–Kier alpha value is -1.55. The van der Waals surface area contributed by atoms with Crippen LogP contribution in [0.25, 0.3) is 6.08 Å². The normalized spacial score (nSPS) is 24.3. The lowest BCUT2D eigenvalue weighted by Gasteiger charge is -2.16. The van der Waals surface area contributed by atoms with Gasteiger partial charge < -0.3 is 20.3 Å². The van der Waals surface area contributed by atoms with Gasteiger partial charge in [0.25, 0.3) is 0 Å². The number of ether oxygens (including phenoxy) is 1. The molecule has 0 aliphatic carbocycles. The van der Waals surface area contributed by atoms with Gasteiger partial charge in [0.15, 0.2) is 0 Å². The van der Waals surface area contributed by atoms with Gasteiger partial charge in [-0.25, -0.2) is 4.79 Å². The lowest BCUT2D eigenvalue weighted by atomic mass is 10.2. The van der Waals surface area contributed by atoms with Crippen molar-refractivity contribution >= 4 is 33.7 Å². The van der Waals surface area contributed by atoms with E-state index in [0.29, 0.717) is 5.56 Å². The summed E-state index contributed by atoms with van der Waals surface area (Å²) in [4.78, 5) is 29.2. The molecular formula is C14H18BrN3O5. The molecule has 23 heavy (non-hydrogen) atoms. The summed E-state index contributed by atoms with van der Waals surface area (Å²) in [6.45, 7) is 1.36. The molecule has 1 aromatic rings. The molecule has 1 amide bonds. The second-order valence-corrected chi connectivity index (χ2v) is 5.57.